The molecule has 116 valence electrons. The van der Waals surface area contributed by atoms with Gasteiger partial charge in [0, 0.05) is 18.8 Å². The van der Waals surface area contributed by atoms with Crippen LogP contribution in [0.15, 0.2) is 23.3 Å². The van der Waals surface area contributed by atoms with Crippen molar-refractivity contribution in [2.75, 3.05) is 29.9 Å². The molecule has 1 aromatic carbocycles. The Morgan fingerprint density at radius 3 is 3.00 bits per heavy atom. The van der Waals surface area contributed by atoms with Crippen molar-refractivity contribution in [2.24, 2.45) is 5.10 Å². The zero-order valence-electron chi connectivity index (χ0n) is 12.6. The van der Waals surface area contributed by atoms with E-state index in [-0.39, 0.29) is 17.5 Å². The molecule has 1 fully saturated rings. The molecule has 0 spiro atoms. The normalized spacial score (nSPS) is 25.0. The van der Waals surface area contributed by atoms with Crippen LogP contribution in [0.3, 0.4) is 0 Å². The van der Waals surface area contributed by atoms with Crippen LogP contribution < -0.4 is 25.7 Å². The monoisotopic (exact) mass is 301 g/mol. The van der Waals surface area contributed by atoms with Crippen molar-refractivity contribution in [3.05, 3.63) is 18.2 Å². The van der Waals surface area contributed by atoms with Gasteiger partial charge in [0.1, 0.15) is 18.4 Å². The number of carbonyl (C=O) groups excluding carboxylic acids is 1. The maximum atomic E-state index is 11.9. The second-order valence-electron chi connectivity index (χ2n) is 6.31. The second-order valence-corrected chi connectivity index (χ2v) is 6.31. The number of amides is 1. The van der Waals surface area contributed by atoms with Gasteiger partial charge in [0.2, 0.25) is 0 Å². The Morgan fingerprint density at radius 1 is 1.45 bits per heavy atom. The first-order valence-electron chi connectivity index (χ1n) is 7.47. The van der Waals surface area contributed by atoms with Gasteiger partial charge in [-0.05, 0) is 32.0 Å². The Kier molecular flexibility index (Phi) is 2.80. The molecule has 0 unspecified atom stereocenters. The van der Waals surface area contributed by atoms with Gasteiger partial charge in [0.15, 0.2) is 5.84 Å². The largest absolute Gasteiger partial charge is 0.483 e. The molecule has 3 heterocycles. The van der Waals surface area contributed by atoms with Crippen molar-refractivity contribution >= 4 is 23.1 Å². The molecule has 0 radical (unpaired) electrons. The number of hydrogen-bond acceptors (Lipinski definition) is 6. The Bertz CT molecular complexity index is 668. The van der Waals surface area contributed by atoms with Gasteiger partial charge >= 0.3 is 0 Å². The summed E-state index contributed by atoms with van der Waals surface area (Å²) in [5, 5.41) is 10.9. The third-order valence-electron chi connectivity index (χ3n) is 4.39. The van der Waals surface area contributed by atoms with Crippen molar-refractivity contribution in [1.82, 2.24) is 10.7 Å². The lowest BCUT2D eigenvalue weighted by Crippen LogP contribution is -2.62. The number of fused-ring (bicyclic) bond motifs is 3. The molecule has 4 rings (SSSR count). The summed E-state index contributed by atoms with van der Waals surface area (Å²) in [6.45, 7) is 6.30. The quantitative estimate of drug-likeness (QED) is 0.741. The van der Waals surface area contributed by atoms with Crippen LogP contribution in [0.4, 0.5) is 11.4 Å². The molecule has 3 N–H and O–H groups in total. The number of anilines is 2. The highest BCUT2D eigenvalue weighted by atomic mass is 16.5. The highest BCUT2D eigenvalue weighted by molar-refractivity contribution is 6.09. The number of benzene rings is 1. The summed E-state index contributed by atoms with van der Waals surface area (Å²) in [5.74, 6) is 1.40. The summed E-state index contributed by atoms with van der Waals surface area (Å²) >= 11 is 0. The lowest BCUT2D eigenvalue weighted by Gasteiger charge is -2.42. The maximum absolute atomic E-state index is 11.9. The topological polar surface area (TPSA) is 78.0 Å². The Morgan fingerprint density at radius 2 is 2.27 bits per heavy atom. The van der Waals surface area contributed by atoms with Crippen molar-refractivity contribution in [3.63, 3.8) is 0 Å². The molecule has 0 saturated carbocycles. The molecular weight excluding hydrogens is 282 g/mol. The summed E-state index contributed by atoms with van der Waals surface area (Å²) in [7, 11) is 0. The van der Waals surface area contributed by atoms with E-state index in [1.807, 2.05) is 30.0 Å². The van der Waals surface area contributed by atoms with Crippen LogP contribution >= 0.6 is 0 Å². The number of ether oxygens (including phenoxy) is 1. The zero-order valence-corrected chi connectivity index (χ0v) is 12.6. The number of hydrazone groups is 1. The Balaban J connectivity index is 1.70. The molecule has 1 atom stereocenters. The van der Waals surface area contributed by atoms with Crippen molar-refractivity contribution in [2.45, 2.75) is 25.4 Å². The smallest absolute Gasteiger partial charge is 0.262 e. The number of carbonyl (C=O) groups is 1. The molecule has 1 aromatic rings. The molecule has 1 amide bonds. The first kappa shape index (κ1) is 13.4. The molecule has 0 aromatic heterocycles. The van der Waals surface area contributed by atoms with Gasteiger partial charge in [-0.15, -0.1) is 0 Å². The molecule has 22 heavy (non-hydrogen) atoms. The highest BCUT2D eigenvalue weighted by Gasteiger charge is 2.36. The lowest BCUT2D eigenvalue weighted by atomic mass is 9.95. The van der Waals surface area contributed by atoms with Crippen LogP contribution in [-0.4, -0.2) is 43.0 Å². The van der Waals surface area contributed by atoms with Gasteiger partial charge < -0.3 is 20.3 Å². The predicted molar refractivity (Wildman–Crippen MR) is 84.4 cm³/mol. The first-order chi connectivity index (χ1) is 10.6. The van der Waals surface area contributed by atoms with Crippen LogP contribution in [0, 0.1) is 0 Å². The van der Waals surface area contributed by atoms with E-state index in [0.717, 1.165) is 36.0 Å². The Hall–Kier alpha value is -2.28. The van der Waals surface area contributed by atoms with E-state index in [1.54, 1.807) is 0 Å². The van der Waals surface area contributed by atoms with E-state index in [9.17, 15) is 4.79 Å². The van der Waals surface area contributed by atoms with E-state index < -0.39 is 0 Å². The fourth-order valence-electron chi connectivity index (χ4n) is 3.04. The van der Waals surface area contributed by atoms with Crippen LogP contribution in [0.5, 0.6) is 5.75 Å². The SMILES string of the molecule is C[C@@H]1C(=O)NN=C2COc3ccc(NC4(C)CNC4)cc3N21. The molecule has 1 saturated heterocycles. The minimum Gasteiger partial charge on any atom is -0.483 e. The minimum absolute atomic E-state index is 0.0750. The average molecular weight is 301 g/mol. The summed E-state index contributed by atoms with van der Waals surface area (Å²) < 4.78 is 5.74. The number of nitrogens with zero attached hydrogens (tertiary/aromatic N) is 2. The van der Waals surface area contributed by atoms with E-state index >= 15 is 0 Å². The van der Waals surface area contributed by atoms with Crippen LogP contribution in [0.25, 0.3) is 0 Å². The minimum atomic E-state index is -0.300. The third-order valence-corrected chi connectivity index (χ3v) is 4.39. The fraction of sp³-hybridized carbons (Fsp3) is 0.467. The highest BCUT2D eigenvalue weighted by Crippen LogP contribution is 2.37. The first-order valence-corrected chi connectivity index (χ1v) is 7.47. The van der Waals surface area contributed by atoms with E-state index in [4.69, 9.17) is 4.74 Å². The van der Waals surface area contributed by atoms with Gasteiger partial charge in [-0.3, -0.25) is 4.79 Å². The molecule has 0 aliphatic carbocycles. The maximum Gasteiger partial charge on any atom is 0.262 e. The molecular formula is C15H19N5O2. The van der Waals surface area contributed by atoms with Gasteiger partial charge in [-0.2, -0.15) is 5.10 Å². The summed E-state index contributed by atoms with van der Waals surface area (Å²) in [6.07, 6.45) is 0. The number of nitrogens with one attached hydrogen (secondary N) is 3. The van der Waals surface area contributed by atoms with Gasteiger partial charge in [0.25, 0.3) is 5.91 Å². The standard InChI is InChI=1S/C15H19N5O2/c1-9-14(21)19-18-13-6-22-12-4-3-10(5-11(12)20(9)13)17-15(2)7-16-8-15/h3-5,9,16-17H,6-8H2,1-2H3,(H,19,21)/t9-/m1/s1. The van der Waals surface area contributed by atoms with E-state index in [0.29, 0.717) is 6.61 Å². The summed E-state index contributed by atoms with van der Waals surface area (Å²) in [6, 6.07) is 5.69. The molecule has 3 aliphatic heterocycles. The lowest BCUT2D eigenvalue weighted by molar-refractivity contribution is -0.122. The van der Waals surface area contributed by atoms with Crippen molar-refractivity contribution in [1.29, 1.82) is 0 Å². The molecule has 0 bridgehead atoms. The fourth-order valence-corrected chi connectivity index (χ4v) is 3.04. The molecule has 7 heteroatoms. The Labute approximate surface area is 128 Å². The van der Waals surface area contributed by atoms with E-state index in [2.05, 4.69) is 28.1 Å². The third kappa shape index (κ3) is 2.00. The number of rotatable bonds is 2. The summed E-state index contributed by atoms with van der Waals surface area (Å²) in [4.78, 5) is 13.9. The van der Waals surface area contributed by atoms with Gasteiger partial charge in [-0.1, -0.05) is 0 Å². The number of amidine groups is 1. The summed E-state index contributed by atoms with van der Waals surface area (Å²) in [5.41, 5.74) is 4.51. The second kappa shape index (κ2) is 4.61. The van der Waals surface area contributed by atoms with Crippen LogP contribution in [0.1, 0.15) is 13.8 Å². The van der Waals surface area contributed by atoms with Crippen molar-refractivity contribution < 1.29 is 9.53 Å². The zero-order chi connectivity index (χ0) is 15.3. The van der Waals surface area contributed by atoms with E-state index in [1.165, 1.54) is 0 Å². The van der Waals surface area contributed by atoms with Gasteiger partial charge in [0.05, 0.1) is 11.2 Å². The number of hydrogen-bond donors (Lipinski definition) is 3. The predicted octanol–water partition coefficient (Wildman–Crippen LogP) is 0.491. The van der Waals surface area contributed by atoms with Crippen LogP contribution in [-0.2, 0) is 4.79 Å². The average Bonchev–Trinajstić information content (AvgIpc) is 2.49. The van der Waals surface area contributed by atoms with Crippen molar-refractivity contribution in [3.8, 4) is 5.75 Å². The molecule has 3 aliphatic rings. The van der Waals surface area contributed by atoms with Crippen LogP contribution in [0.2, 0.25) is 0 Å². The molecule has 7 nitrogen and oxygen atoms in total. The van der Waals surface area contributed by atoms with Gasteiger partial charge in [-0.25, -0.2) is 5.43 Å².